The van der Waals surface area contributed by atoms with Crippen molar-refractivity contribution in [2.45, 2.75) is 12.7 Å². The molecule has 0 saturated carbocycles. The normalized spacial score (nSPS) is 11.2. The molecular formula is C22H13Cl3F3N9O2. The van der Waals surface area contributed by atoms with Gasteiger partial charge < -0.3 is 10.6 Å². The number of nitrogens with zero attached hydrogens (tertiary/aromatic N) is 7. The average molecular weight is 599 g/mol. The fourth-order valence-electron chi connectivity index (χ4n) is 3.28. The van der Waals surface area contributed by atoms with Gasteiger partial charge in [0.2, 0.25) is 0 Å². The van der Waals surface area contributed by atoms with Crippen LogP contribution in [0, 0.1) is 11.3 Å². The molecule has 0 aliphatic heterocycles. The Balaban J connectivity index is 1.73. The summed E-state index contributed by atoms with van der Waals surface area (Å²) < 4.78 is 39.9. The van der Waals surface area contributed by atoms with Gasteiger partial charge in [0.15, 0.2) is 11.5 Å². The summed E-state index contributed by atoms with van der Waals surface area (Å²) in [5, 5.41) is 25.0. The summed E-state index contributed by atoms with van der Waals surface area (Å²) in [7, 11) is 0. The standard InChI is InChI=1S/C22H13Cl3F3N9O2/c23-11-6-13(20(38)31-5-3-29)18(15(25)7-11)33-21(39)16-8-12(10-36-32-9-17(35-36)22(26,27)28)34-37(16)19-14(24)2-1-4-30-19/h1-2,4,6-9H,5,10H2,(H,31,38)(H,33,39). The second kappa shape index (κ2) is 11.3. The van der Waals surface area contributed by atoms with E-state index in [9.17, 15) is 22.8 Å². The van der Waals surface area contributed by atoms with Gasteiger partial charge in [-0.3, -0.25) is 9.59 Å². The highest BCUT2D eigenvalue weighted by Gasteiger charge is 2.34. The maximum atomic E-state index is 13.4. The number of pyridine rings is 1. The quantitative estimate of drug-likeness (QED) is 0.300. The smallest absolute Gasteiger partial charge is 0.339 e. The van der Waals surface area contributed by atoms with E-state index in [1.165, 1.54) is 30.5 Å². The van der Waals surface area contributed by atoms with E-state index in [0.29, 0.717) is 6.20 Å². The first-order chi connectivity index (χ1) is 18.5. The lowest BCUT2D eigenvalue weighted by Crippen LogP contribution is -2.26. The third-order valence-corrected chi connectivity index (χ3v) is 5.74. The van der Waals surface area contributed by atoms with E-state index in [0.717, 1.165) is 9.48 Å². The summed E-state index contributed by atoms with van der Waals surface area (Å²) in [5.74, 6) is -1.53. The van der Waals surface area contributed by atoms with E-state index in [-0.39, 0.29) is 56.6 Å². The Morgan fingerprint density at radius 1 is 1.08 bits per heavy atom. The number of carbonyl (C=O) groups excluding carboxylic acids is 2. The lowest BCUT2D eigenvalue weighted by Gasteiger charge is -2.14. The SMILES string of the molecule is N#CCNC(=O)c1cc(Cl)cc(Cl)c1NC(=O)c1cc(Cn2ncc(C(F)(F)F)n2)nn1-c1ncccc1Cl. The number of alkyl halides is 3. The van der Waals surface area contributed by atoms with Crippen molar-refractivity contribution in [2.24, 2.45) is 0 Å². The first-order valence-electron chi connectivity index (χ1n) is 10.6. The van der Waals surface area contributed by atoms with E-state index < -0.39 is 23.7 Å². The van der Waals surface area contributed by atoms with E-state index in [4.69, 9.17) is 40.1 Å². The average Bonchev–Trinajstić information content (AvgIpc) is 3.52. The topological polar surface area (TPSA) is 143 Å². The summed E-state index contributed by atoms with van der Waals surface area (Å²) in [6.07, 6.45) is -2.75. The number of anilines is 1. The molecule has 17 heteroatoms. The summed E-state index contributed by atoms with van der Waals surface area (Å²) in [6.45, 7) is -0.653. The largest absolute Gasteiger partial charge is 0.436 e. The van der Waals surface area contributed by atoms with Gasteiger partial charge >= 0.3 is 6.18 Å². The molecule has 4 rings (SSSR count). The van der Waals surface area contributed by atoms with Crippen molar-refractivity contribution in [1.29, 1.82) is 5.26 Å². The molecule has 200 valence electrons. The van der Waals surface area contributed by atoms with E-state index in [1.54, 1.807) is 12.1 Å². The highest BCUT2D eigenvalue weighted by atomic mass is 35.5. The van der Waals surface area contributed by atoms with Crippen molar-refractivity contribution >= 4 is 52.3 Å². The second-order valence-electron chi connectivity index (χ2n) is 7.60. The Kier molecular flexibility index (Phi) is 8.05. The molecule has 2 amide bonds. The third-order valence-electron chi connectivity index (χ3n) is 4.93. The van der Waals surface area contributed by atoms with E-state index >= 15 is 0 Å². The summed E-state index contributed by atoms with van der Waals surface area (Å²) in [6, 6.07) is 8.59. The number of aromatic nitrogens is 6. The fourth-order valence-corrected chi connectivity index (χ4v) is 4.03. The number of nitrogens with one attached hydrogen (secondary N) is 2. The number of amides is 2. The van der Waals surface area contributed by atoms with Gasteiger partial charge in [-0.1, -0.05) is 34.8 Å². The molecule has 0 radical (unpaired) electrons. The number of carbonyl (C=O) groups is 2. The zero-order valence-electron chi connectivity index (χ0n) is 19.2. The van der Waals surface area contributed by atoms with Gasteiger partial charge in [-0.2, -0.15) is 33.4 Å². The van der Waals surface area contributed by atoms with Crippen molar-refractivity contribution in [2.75, 3.05) is 11.9 Å². The third kappa shape index (κ3) is 6.28. The zero-order chi connectivity index (χ0) is 28.3. The molecule has 0 unspecified atom stereocenters. The number of nitriles is 1. The number of rotatable bonds is 7. The Morgan fingerprint density at radius 2 is 1.85 bits per heavy atom. The van der Waals surface area contributed by atoms with Gasteiger partial charge in [0.25, 0.3) is 11.8 Å². The van der Waals surface area contributed by atoms with Crippen LogP contribution >= 0.6 is 34.8 Å². The first kappa shape index (κ1) is 27.8. The predicted molar refractivity (Wildman–Crippen MR) is 133 cm³/mol. The van der Waals surface area contributed by atoms with Gasteiger partial charge in [0, 0.05) is 11.2 Å². The Morgan fingerprint density at radius 3 is 2.51 bits per heavy atom. The first-order valence-corrected chi connectivity index (χ1v) is 11.7. The molecule has 0 bridgehead atoms. The fraction of sp³-hybridized carbons (Fsp3) is 0.136. The summed E-state index contributed by atoms with van der Waals surface area (Å²) in [4.78, 5) is 30.9. The minimum atomic E-state index is -4.70. The molecule has 0 atom stereocenters. The summed E-state index contributed by atoms with van der Waals surface area (Å²) in [5.41, 5.74) is -1.53. The van der Waals surface area contributed by atoms with E-state index in [1.807, 2.05) is 0 Å². The molecule has 1 aromatic carbocycles. The molecular weight excluding hydrogens is 586 g/mol. The molecule has 11 nitrogen and oxygen atoms in total. The molecule has 2 N–H and O–H groups in total. The van der Waals surface area contributed by atoms with Crippen molar-refractivity contribution in [1.82, 2.24) is 35.1 Å². The van der Waals surface area contributed by atoms with Crippen molar-refractivity contribution in [3.05, 3.63) is 80.4 Å². The molecule has 0 aliphatic rings. The van der Waals surface area contributed by atoms with Crippen LogP contribution in [0.5, 0.6) is 0 Å². The molecule has 0 saturated heterocycles. The van der Waals surface area contributed by atoms with Crippen molar-refractivity contribution in [3.8, 4) is 11.9 Å². The van der Waals surface area contributed by atoms with Crippen molar-refractivity contribution in [3.63, 3.8) is 0 Å². The van der Waals surface area contributed by atoms with Gasteiger partial charge in [-0.15, -0.1) is 5.10 Å². The maximum absolute atomic E-state index is 13.4. The molecule has 0 spiro atoms. The van der Waals surface area contributed by atoms with Gasteiger partial charge in [0.05, 0.1) is 39.3 Å². The zero-order valence-corrected chi connectivity index (χ0v) is 21.4. The van der Waals surface area contributed by atoms with Crippen LogP contribution in [0.15, 0.2) is 42.7 Å². The lowest BCUT2D eigenvalue weighted by molar-refractivity contribution is -0.141. The maximum Gasteiger partial charge on any atom is 0.436 e. The van der Waals surface area contributed by atoms with E-state index in [2.05, 4.69) is 30.9 Å². The molecule has 3 aromatic heterocycles. The number of hydrogen-bond donors (Lipinski definition) is 2. The number of hydrogen-bond acceptors (Lipinski definition) is 7. The molecule has 0 fully saturated rings. The van der Waals surface area contributed by atoms with Crippen LogP contribution < -0.4 is 10.6 Å². The number of halogens is 6. The molecule has 4 aromatic rings. The van der Waals surface area contributed by atoms with Crippen LogP contribution in [0.25, 0.3) is 5.82 Å². The molecule has 3 heterocycles. The summed E-state index contributed by atoms with van der Waals surface area (Å²) >= 11 is 18.5. The highest BCUT2D eigenvalue weighted by molar-refractivity contribution is 6.38. The van der Waals surface area contributed by atoms with Crippen LogP contribution in [-0.4, -0.2) is 48.1 Å². The monoisotopic (exact) mass is 597 g/mol. The minimum Gasteiger partial charge on any atom is -0.339 e. The Hall–Kier alpha value is -4.19. The highest BCUT2D eigenvalue weighted by Crippen LogP contribution is 2.31. The van der Waals surface area contributed by atoms with Crippen molar-refractivity contribution < 1.29 is 22.8 Å². The van der Waals surface area contributed by atoms with Crippen LogP contribution in [0.3, 0.4) is 0 Å². The van der Waals surface area contributed by atoms with Crippen LogP contribution in [-0.2, 0) is 12.7 Å². The van der Waals surface area contributed by atoms with Gasteiger partial charge in [-0.25, -0.2) is 9.67 Å². The second-order valence-corrected chi connectivity index (χ2v) is 8.86. The van der Waals surface area contributed by atoms with Crippen LogP contribution in [0.2, 0.25) is 15.1 Å². The van der Waals surface area contributed by atoms with Gasteiger partial charge in [-0.05, 0) is 30.3 Å². The lowest BCUT2D eigenvalue weighted by atomic mass is 10.1. The Labute approximate surface area is 232 Å². The van der Waals surface area contributed by atoms with Crippen LogP contribution in [0.4, 0.5) is 18.9 Å². The Bertz CT molecular complexity index is 1610. The predicted octanol–water partition coefficient (Wildman–Crippen LogP) is 4.39. The molecule has 0 aliphatic carbocycles. The molecule has 39 heavy (non-hydrogen) atoms. The van der Waals surface area contributed by atoms with Crippen LogP contribution in [0.1, 0.15) is 32.2 Å². The van der Waals surface area contributed by atoms with Gasteiger partial charge in [0.1, 0.15) is 18.8 Å². The number of benzene rings is 1. The minimum absolute atomic E-state index is 0.0363.